The first-order valence-electron chi connectivity index (χ1n) is 6.20. The van der Waals surface area contributed by atoms with Crippen molar-refractivity contribution < 1.29 is 4.79 Å². The van der Waals surface area contributed by atoms with Crippen LogP contribution in [0.1, 0.15) is 38.6 Å². The van der Waals surface area contributed by atoms with Crippen LogP contribution in [0.2, 0.25) is 0 Å². The molecular formula is C13H19N3O. The van der Waals surface area contributed by atoms with Crippen LogP contribution in [0.5, 0.6) is 0 Å². The monoisotopic (exact) mass is 233 g/mol. The number of allylic oxidation sites excluding steroid dienone is 1. The van der Waals surface area contributed by atoms with Gasteiger partial charge in [-0.3, -0.25) is 4.79 Å². The lowest BCUT2D eigenvalue weighted by molar-refractivity contribution is -0.123. The Morgan fingerprint density at radius 2 is 2.47 bits per heavy atom. The van der Waals surface area contributed by atoms with Crippen LogP contribution in [0.3, 0.4) is 0 Å². The van der Waals surface area contributed by atoms with Crippen LogP contribution in [0.25, 0.3) is 0 Å². The van der Waals surface area contributed by atoms with E-state index in [-0.39, 0.29) is 11.9 Å². The Kier molecular flexibility index (Phi) is 3.96. The van der Waals surface area contributed by atoms with Gasteiger partial charge in [0, 0.05) is 18.9 Å². The summed E-state index contributed by atoms with van der Waals surface area (Å²) in [7, 11) is 0. The predicted octanol–water partition coefficient (Wildman–Crippen LogP) is 2.06. The maximum absolute atomic E-state index is 11.9. The number of amides is 1. The molecule has 1 heterocycles. The van der Waals surface area contributed by atoms with E-state index >= 15 is 0 Å². The van der Waals surface area contributed by atoms with Crippen molar-refractivity contribution in [3.63, 3.8) is 0 Å². The third-order valence-electron chi connectivity index (χ3n) is 3.23. The fourth-order valence-electron chi connectivity index (χ4n) is 2.05. The molecule has 0 saturated heterocycles. The van der Waals surface area contributed by atoms with E-state index in [2.05, 4.69) is 16.4 Å². The first-order valence-corrected chi connectivity index (χ1v) is 6.20. The van der Waals surface area contributed by atoms with Crippen molar-refractivity contribution in [2.45, 2.75) is 38.6 Å². The molecule has 4 heteroatoms. The van der Waals surface area contributed by atoms with Gasteiger partial charge in [-0.05, 0) is 32.6 Å². The fourth-order valence-corrected chi connectivity index (χ4v) is 2.05. The molecule has 17 heavy (non-hydrogen) atoms. The lowest BCUT2D eigenvalue weighted by atomic mass is 10.00. The van der Waals surface area contributed by atoms with Crippen LogP contribution in [-0.2, 0) is 4.79 Å². The lowest BCUT2D eigenvalue weighted by Crippen LogP contribution is -2.32. The van der Waals surface area contributed by atoms with Gasteiger partial charge in [-0.15, -0.1) is 0 Å². The Morgan fingerprint density at radius 3 is 3.12 bits per heavy atom. The molecule has 0 aromatic carbocycles. The van der Waals surface area contributed by atoms with Gasteiger partial charge in [-0.2, -0.15) is 0 Å². The number of imidazole rings is 1. The van der Waals surface area contributed by atoms with Crippen LogP contribution in [0.15, 0.2) is 30.4 Å². The summed E-state index contributed by atoms with van der Waals surface area (Å²) < 4.78 is 1.81. The summed E-state index contributed by atoms with van der Waals surface area (Å²) in [6.07, 6.45) is 12.2. The van der Waals surface area contributed by atoms with E-state index in [9.17, 15) is 4.79 Å². The Bertz CT molecular complexity index is 395. The molecule has 1 aliphatic rings. The highest BCUT2D eigenvalue weighted by atomic mass is 16.2. The van der Waals surface area contributed by atoms with Gasteiger partial charge in [-0.1, -0.05) is 11.6 Å². The molecule has 1 amide bonds. The largest absolute Gasteiger partial charge is 0.351 e. The third kappa shape index (κ3) is 3.19. The number of nitrogens with one attached hydrogen (secondary N) is 1. The average molecular weight is 233 g/mol. The first kappa shape index (κ1) is 11.9. The van der Waals surface area contributed by atoms with Crippen molar-refractivity contribution in [3.05, 3.63) is 30.4 Å². The molecule has 1 aromatic rings. The highest BCUT2D eigenvalue weighted by Crippen LogP contribution is 2.16. The zero-order chi connectivity index (χ0) is 12.1. The van der Waals surface area contributed by atoms with Gasteiger partial charge in [0.25, 0.3) is 0 Å². The second-order valence-electron chi connectivity index (χ2n) is 4.51. The van der Waals surface area contributed by atoms with E-state index < -0.39 is 0 Å². The summed E-state index contributed by atoms with van der Waals surface area (Å²) in [5.41, 5.74) is 1.36. The number of carbonyl (C=O) groups is 1. The molecule has 4 nitrogen and oxygen atoms in total. The number of hydrogen-bond acceptors (Lipinski definition) is 2. The molecule has 1 aliphatic carbocycles. The van der Waals surface area contributed by atoms with Gasteiger partial charge in [0.05, 0.1) is 6.33 Å². The Balaban J connectivity index is 1.83. The zero-order valence-electron chi connectivity index (χ0n) is 10.2. The summed E-state index contributed by atoms with van der Waals surface area (Å²) in [6, 6.07) is -0.193. The molecule has 0 bridgehead atoms. The summed E-state index contributed by atoms with van der Waals surface area (Å²) in [5.74, 6) is 0.0504. The Morgan fingerprint density at radius 1 is 1.59 bits per heavy atom. The zero-order valence-corrected chi connectivity index (χ0v) is 10.2. The van der Waals surface area contributed by atoms with Gasteiger partial charge in [-0.25, -0.2) is 4.98 Å². The molecule has 0 spiro atoms. The standard InChI is InChI=1S/C13H19N3O/c1-11(16-8-7-14-10-16)13(17)15-9-12-5-3-2-4-6-12/h5,7-8,10-11H,2-4,6,9H2,1H3,(H,15,17)/t11-/m0/s1. The minimum absolute atomic E-state index is 0.0504. The summed E-state index contributed by atoms with van der Waals surface area (Å²) >= 11 is 0. The minimum Gasteiger partial charge on any atom is -0.351 e. The van der Waals surface area contributed by atoms with Crippen molar-refractivity contribution >= 4 is 5.91 Å². The third-order valence-corrected chi connectivity index (χ3v) is 3.23. The molecule has 2 rings (SSSR count). The maximum atomic E-state index is 11.9. The number of rotatable bonds is 4. The molecule has 1 aromatic heterocycles. The van der Waals surface area contributed by atoms with Gasteiger partial charge < -0.3 is 9.88 Å². The van der Waals surface area contributed by atoms with Gasteiger partial charge in [0.1, 0.15) is 6.04 Å². The van der Waals surface area contributed by atoms with Gasteiger partial charge in [0.2, 0.25) is 5.91 Å². The van der Waals surface area contributed by atoms with E-state index in [1.807, 2.05) is 17.7 Å². The molecule has 0 saturated carbocycles. The topological polar surface area (TPSA) is 46.9 Å². The van der Waals surface area contributed by atoms with Gasteiger partial charge in [0.15, 0.2) is 0 Å². The molecule has 0 radical (unpaired) electrons. The summed E-state index contributed by atoms with van der Waals surface area (Å²) in [4.78, 5) is 15.8. The molecular weight excluding hydrogens is 214 g/mol. The van der Waals surface area contributed by atoms with E-state index in [1.165, 1.54) is 18.4 Å². The molecule has 1 N–H and O–H groups in total. The number of carbonyl (C=O) groups excluding carboxylic acids is 1. The SMILES string of the molecule is C[C@@H](C(=O)NCC1=CCCCC1)n1ccnc1. The van der Waals surface area contributed by atoms with Gasteiger partial charge >= 0.3 is 0 Å². The molecule has 0 fully saturated rings. The first-order chi connectivity index (χ1) is 8.27. The van der Waals surface area contributed by atoms with Crippen molar-refractivity contribution in [3.8, 4) is 0 Å². The van der Waals surface area contributed by atoms with Crippen molar-refractivity contribution in [2.24, 2.45) is 0 Å². The number of aromatic nitrogens is 2. The van der Waals surface area contributed by atoms with Crippen molar-refractivity contribution in [2.75, 3.05) is 6.54 Å². The van der Waals surface area contributed by atoms with Crippen LogP contribution >= 0.6 is 0 Å². The van der Waals surface area contributed by atoms with Crippen molar-refractivity contribution in [1.82, 2.24) is 14.9 Å². The minimum atomic E-state index is -0.193. The molecule has 0 unspecified atom stereocenters. The van der Waals surface area contributed by atoms with E-state index in [0.717, 1.165) is 12.8 Å². The highest BCUT2D eigenvalue weighted by molar-refractivity contribution is 5.80. The lowest BCUT2D eigenvalue weighted by Gasteiger charge is -2.16. The van der Waals surface area contributed by atoms with Crippen molar-refractivity contribution in [1.29, 1.82) is 0 Å². The number of hydrogen-bond donors (Lipinski definition) is 1. The van der Waals surface area contributed by atoms with Crippen LogP contribution in [0.4, 0.5) is 0 Å². The van der Waals surface area contributed by atoms with E-state index in [1.54, 1.807) is 12.5 Å². The second kappa shape index (κ2) is 5.66. The Labute approximate surface area is 102 Å². The van der Waals surface area contributed by atoms with E-state index in [4.69, 9.17) is 0 Å². The smallest absolute Gasteiger partial charge is 0.243 e. The van der Waals surface area contributed by atoms with Crippen LogP contribution in [-0.4, -0.2) is 22.0 Å². The highest BCUT2D eigenvalue weighted by Gasteiger charge is 2.14. The summed E-state index contributed by atoms with van der Waals surface area (Å²) in [6.45, 7) is 2.57. The Hall–Kier alpha value is -1.58. The van der Waals surface area contributed by atoms with Crippen LogP contribution < -0.4 is 5.32 Å². The predicted molar refractivity (Wildman–Crippen MR) is 66.5 cm³/mol. The fraction of sp³-hybridized carbons (Fsp3) is 0.538. The molecule has 92 valence electrons. The summed E-state index contributed by atoms with van der Waals surface area (Å²) in [5, 5.41) is 2.98. The second-order valence-corrected chi connectivity index (χ2v) is 4.51. The quantitative estimate of drug-likeness (QED) is 0.809. The number of nitrogens with zero attached hydrogens (tertiary/aromatic N) is 2. The average Bonchev–Trinajstić information content (AvgIpc) is 2.90. The molecule has 1 atom stereocenters. The molecule has 0 aliphatic heterocycles. The van der Waals surface area contributed by atoms with E-state index in [0.29, 0.717) is 6.54 Å². The normalized spacial score (nSPS) is 17.4. The van der Waals surface area contributed by atoms with Crippen LogP contribution in [0, 0.1) is 0 Å². The maximum Gasteiger partial charge on any atom is 0.243 e.